The van der Waals surface area contributed by atoms with Gasteiger partial charge >= 0.3 is 0 Å². The molecular formula is C12H15BrO3. The highest BCUT2D eigenvalue weighted by molar-refractivity contribution is 9.10. The molecular weight excluding hydrogens is 272 g/mol. The number of alkyl halides is 1. The van der Waals surface area contributed by atoms with E-state index in [1.165, 1.54) is 0 Å². The zero-order valence-electron chi connectivity index (χ0n) is 9.37. The fourth-order valence-electron chi connectivity index (χ4n) is 1.38. The maximum absolute atomic E-state index is 11.7. The molecule has 0 aliphatic rings. The van der Waals surface area contributed by atoms with Crippen molar-refractivity contribution in [1.29, 1.82) is 0 Å². The number of halogens is 1. The average Bonchev–Trinajstić information content (AvgIpc) is 2.29. The average molecular weight is 287 g/mol. The van der Waals surface area contributed by atoms with Crippen molar-refractivity contribution in [2.75, 3.05) is 6.61 Å². The van der Waals surface area contributed by atoms with Gasteiger partial charge in [0.15, 0.2) is 5.78 Å². The van der Waals surface area contributed by atoms with Crippen LogP contribution in [0.15, 0.2) is 18.2 Å². The summed E-state index contributed by atoms with van der Waals surface area (Å²) in [5, 5.41) is 9.19. The van der Waals surface area contributed by atoms with Crippen molar-refractivity contribution in [3.63, 3.8) is 0 Å². The third kappa shape index (κ3) is 3.06. The molecule has 0 bridgehead atoms. The van der Waals surface area contributed by atoms with Crippen LogP contribution in [0.1, 0.15) is 29.8 Å². The Kier molecular flexibility index (Phi) is 4.96. The Morgan fingerprint density at radius 1 is 1.56 bits per heavy atom. The van der Waals surface area contributed by atoms with Crippen LogP contribution in [0.5, 0.6) is 5.75 Å². The number of rotatable bonds is 5. The van der Waals surface area contributed by atoms with Gasteiger partial charge in [-0.25, -0.2) is 0 Å². The Bertz CT molecular complexity index is 375. The standard InChI is InChI=1S/C12H15BrO3/c1-3-16-11-5-4-9(6-10(11)7-14)12(15)8(2)13/h4-6,8,14H,3,7H2,1-2H3. The maximum Gasteiger partial charge on any atom is 0.176 e. The van der Waals surface area contributed by atoms with E-state index in [1.54, 1.807) is 25.1 Å². The number of carbonyl (C=O) groups is 1. The summed E-state index contributed by atoms with van der Waals surface area (Å²) in [6, 6.07) is 5.10. The van der Waals surface area contributed by atoms with Crippen LogP contribution in [-0.4, -0.2) is 22.3 Å². The summed E-state index contributed by atoms with van der Waals surface area (Å²) in [5.41, 5.74) is 1.22. The van der Waals surface area contributed by atoms with Crippen LogP contribution < -0.4 is 4.74 Å². The van der Waals surface area contributed by atoms with Crippen LogP contribution in [0.4, 0.5) is 0 Å². The number of aliphatic hydroxyl groups is 1. The highest BCUT2D eigenvalue weighted by atomic mass is 79.9. The van der Waals surface area contributed by atoms with Crippen molar-refractivity contribution in [3.8, 4) is 5.75 Å². The van der Waals surface area contributed by atoms with E-state index in [0.29, 0.717) is 23.5 Å². The molecule has 0 aliphatic heterocycles. The second kappa shape index (κ2) is 6.01. The molecule has 0 amide bonds. The fraction of sp³-hybridized carbons (Fsp3) is 0.417. The molecule has 1 aromatic carbocycles. The lowest BCUT2D eigenvalue weighted by Crippen LogP contribution is -2.10. The summed E-state index contributed by atoms with van der Waals surface area (Å²) >= 11 is 3.23. The number of hydrogen-bond donors (Lipinski definition) is 1. The van der Waals surface area contributed by atoms with Gasteiger partial charge in [0, 0.05) is 11.1 Å². The maximum atomic E-state index is 11.7. The molecule has 0 saturated carbocycles. The Balaban J connectivity index is 3.03. The van der Waals surface area contributed by atoms with Crippen LogP contribution in [-0.2, 0) is 6.61 Å². The van der Waals surface area contributed by atoms with Crippen molar-refractivity contribution in [1.82, 2.24) is 0 Å². The number of Topliss-reactive ketones (excluding diaryl/α,β-unsaturated/α-hetero) is 1. The Hall–Kier alpha value is -0.870. The number of ether oxygens (including phenoxy) is 1. The van der Waals surface area contributed by atoms with Crippen LogP contribution in [0, 0.1) is 0 Å². The lowest BCUT2D eigenvalue weighted by atomic mass is 10.1. The van der Waals surface area contributed by atoms with E-state index in [9.17, 15) is 9.90 Å². The van der Waals surface area contributed by atoms with Gasteiger partial charge < -0.3 is 9.84 Å². The number of hydrogen-bond acceptors (Lipinski definition) is 3. The van der Waals surface area contributed by atoms with Gasteiger partial charge in [-0.15, -0.1) is 0 Å². The van der Waals surface area contributed by atoms with Crippen molar-refractivity contribution in [2.24, 2.45) is 0 Å². The Morgan fingerprint density at radius 2 is 2.25 bits per heavy atom. The number of benzene rings is 1. The summed E-state index contributed by atoms with van der Waals surface area (Å²) < 4.78 is 5.34. The first-order valence-electron chi connectivity index (χ1n) is 5.15. The molecule has 1 aromatic rings. The lowest BCUT2D eigenvalue weighted by molar-refractivity contribution is 0.0995. The smallest absolute Gasteiger partial charge is 0.176 e. The van der Waals surface area contributed by atoms with Gasteiger partial charge in [-0.3, -0.25) is 4.79 Å². The minimum absolute atomic E-state index is 0.00208. The van der Waals surface area contributed by atoms with E-state index in [-0.39, 0.29) is 17.2 Å². The summed E-state index contributed by atoms with van der Waals surface area (Å²) in [5.74, 6) is 0.626. The normalized spacial score (nSPS) is 12.2. The predicted octanol–water partition coefficient (Wildman–Crippen LogP) is 2.54. The quantitative estimate of drug-likeness (QED) is 0.668. The molecule has 0 fully saturated rings. The largest absolute Gasteiger partial charge is 0.494 e. The third-order valence-corrected chi connectivity index (χ3v) is 2.59. The van der Waals surface area contributed by atoms with Gasteiger partial charge in [-0.05, 0) is 32.0 Å². The molecule has 0 spiro atoms. The van der Waals surface area contributed by atoms with Gasteiger partial charge in [0.05, 0.1) is 18.0 Å². The van der Waals surface area contributed by atoms with Gasteiger partial charge in [-0.2, -0.15) is 0 Å². The number of ketones is 1. The van der Waals surface area contributed by atoms with Crippen molar-refractivity contribution < 1.29 is 14.6 Å². The molecule has 0 aliphatic carbocycles. The second-order valence-corrected chi connectivity index (χ2v) is 4.77. The summed E-state index contributed by atoms with van der Waals surface area (Å²) in [6.45, 7) is 4.06. The number of carbonyl (C=O) groups excluding carboxylic acids is 1. The molecule has 88 valence electrons. The summed E-state index contributed by atoms with van der Waals surface area (Å²) in [6.07, 6.45) is 0. The molecule has 0 radical (unpaired) electrons. The zero-order valence-corrected chi connectivity index (χ0v) is 11.0. The summed E-state index contributed by atoms with van der Waals surface area (Å²) in [4.78, 5) is 11.5. The lowest BCUT2D eigenvalue weighted by Gasteiger charge is -2.10. The van der Waals surface area contributed by atoms with E-state index < -0.39 is 0 Å². The van der Waals surface area contributed by atoms with Crippen LogP contribution in [0.25, 0.3) is 0 Å². The molecule has 16 heavy (non-hydrogen) atoms. The minimum Gasteiger partial charge on any atom is -0.494 e. The molecule has 0 saturated heterocycles. The highest BCUT2D eigenvalue weighted by Crippen LogP contribution is 2.22. The Labute approximate surface area is 104 Å². The zero-order chi connectivity index (χ0) is 12.1. The predicted molar refractivity (Wildman–Crippen MR) is 66.3 cm³/mol. The van der Waals surface area contributed by atoms with Crippen molar-refractivity contribution in [3.05, 3.63) is 29.3 Å². The summed E-state index contributed by atoms with van der Waals surface area (Å²) in [7, 11) is 0. The minimum atomic E-state index is -0.225. The van der Waals surface area contributed by atoms with Crippen molar-refractivity contribution in [2.45, 2.75) is 25.3 Å². The fourth-order valence-corrected chi connectivity index (χ4v) is 1.65. The van der Waals surface area contributed by atoms with Gasteiger partial charge in [0.1, 0.15) is 5.75 Å². The van der Waals surface area contributed by atoms with E-state index in [2.05, 4.69) is 15.9 Å². The first-order chi connectivity index (χ1) is 7.60. The Morgan fingerprint density at radius 3 is 2.75 bits per heavy atom. The van der Waals surface area contributed by atoms with Gasteiger partial charge in [0.25, 0.3) is 0 Å². The SMILES string of the molecule is CCOc1ccc(C(=O)C(C)Br)cc1CO. The monoisotopic (exact) mass is 286 g/mol. The first-order valence-corrected chi connectivity index (χ1v) is 6.06. The van der Waals surface area contributed by atoms with Crippen LogP contribution in [0.3, 0.4) is 0 Å². The molecule has 1 unspecified atom stereocenters. The van der Waals surface area contributed by atoms with E-state index >= 15 is 0 Å². The highest BCUT2D eigenvalue weighted by Gasteiger charge is 2.14. The number of aliphatic hydroxyl groups excluding tert-OH is 1. The topological polar surface area (TPSA) is 46.5 Å². The van der Waals surface area contributed by atoms with E-state index in [1.807, 2.05) is 6.92 Å². The van der Waals surface area contributed by atoms with E-state index in [4.69, 9.17) is 4.74 Å². The molecule has 0 heterocycles. The second-order valence-electron chi connectivity index (χ2n) is 3.39. The van der Waals surface area contributed by atoms with Gasteiger partial charge in [-0.1, -0.05) is 15.9 Å². The molecule has 0 aromatic heterocycles. The third-order valence-electron chi connectivity index (χ3n) is 2.18. The molecule has 1 rings (SSSR count). The first kappa shape index (κ1) is 13.2. The molecule has 1 atom stereocenters. The van der Waals surface area contributed by atoms with Crippen molar-refractivity contribution >= 4 is 21.7 Å². The van der Waals surface area contributed by atoms with Gasteiger partial charge in [0.2, 0.25) is 0 Å². The molecule has 3 nitrogen and oxygen atoms in total. The van der Waals surface area contributed by atoms with Crippen LogP contribution in [0.2, 0.25) is 0 Å². The molecule has 4 heteroatoms. The van der Waals surface area contributed by atoms with Crippen LogP contribution >= 0.6 is 15.9 Å². The van der Waals surface area contributed by atoms with E-state index in [0.717, 1.165) is 0 Å². The molecule has 1 N–H and O–H groups in total.